The zero-order valence-electron chi connectivity index (χ0n) is 20.2. The first kappa shape index (κ1) is 24.8. The van der Waals surface area contributed by atoms with Gasteiger partial charge in [-0.15, -0.1) is 0 Å². The topological polar surface area (TPSA) is 85.7 Å². The summed E-state index contributed by atoms with van der Waals surface area (Å²) in [6, 6.07) is 15.1. The number of aryl methyl sites for hydroxylation is 1. The quantitative estimate of drug-likeness (QED) is 0.456. The molecule has 3 aromatic rings. The van der Waals surface area contributed by atoms with E-state index in [1.165, 1.54) is 6.20 Å². The van der Waals surface area contributed by atoms with Gasteiger partial charge in [-0.1, -0.05) is 24.3 Å². The van der Waals surface area contributed by atoms with Crippen molar-refractivity contribution in [1.29, 1.82) is 0 Å². The first-order valence-corrected chi connectivity index (χ1v) is 11.5. The average Bonchev–Trinajstić information content (AvgIpc) is 3.28. The summed E-state index contributed by atoms with van der Waals surface area (Å²) in [6.45, 7) is 7.44. The summed E-state index contributed by atoms with van der Waals surface area (Å²) < 4.78 is 12.6. The van der Waals surface area contributed by atoms with E-state index in [4.69, 9.17) is 9.47 Å². The molecule has 8 heteroatoms. The van der Waals surface area contributed by atoms with Crippen LogP contribution in [-0.2, 0) is 11.2 Å². The van der Waals surface area contributed by atoms with Gasteiger partial charge in [0.1, 0.15) is 11.4 Å². The van der Waals surface area contributed by atoms with Crippen LogP contribution in [0.4, 0.5) is 5.82 Å². The number of aromatic nitrogens is 2. The van der Waals surface area contributed by atoms with E-state index < -0.39 is 0 Å². The molecule has 34 heavy (non-hydrogen) atoms. The van der Waals surface area contributed by atoms with Crippen molar-refractivity contribution >= 4 is 17.6 Å². The molecule has 0 aliphatic rings. The standard InChI is InChI=1S/C26H32N4O4/c1-5-29(6-2)26(32)21-18-27-30(20-11-9-8-10-12-20)25(21)28-24(31)16-14-19-13-15-22(34-7-3)23(17-19)33-4/h8-13,15,17-18H,5-7,14,16H2,1-4H3,(H,28,31). The molecule has 0 saturated heterocycles. The number of hydrogen-bond donors (Lipinski definition) is 1. The first-order chi connectivity index (χ1) is 16.5. The zero-order valence-corrected chi connectivity index (χ0v) is 20.2. The molecule has 1 N–H and O–H groups in total. The third kappa shape index (κ3) is 5.75. The number of ether oxygens (including phenoxy) is 2. The molecule has 0 unspecified atom stereocenters. The molecular weight excluding hydrogens is 432 g/mol. The molecule has 0 aliphatic carbocycles. The summed E-state index contributed by atoms with van der Waals surface area (Å²) in [4.78, 5) is 27.7. The lowest BCUT2D eigenvalue weighted by atomic mass is 10.1. The van der Waals surface area contributed by atoms with E-state index in [0.29, 0.717) is 49.0 Å². The maximum Gasteiger partial charge on any atom is 0.259 e. The molecule has 0 spiro atoms. The van der Waals surface area contributed by atoms with Gasteiger partial charge in [-0.3, -0.25) is 9.59 Å². The summed E-state index contributed by atoms with van der Waals surface area (Å²) in [5.74, 6) is 1.30. The van der Waals surface area contributed by atoms with Crippen LogP contribution in [0.2, 0.25) is 0 Å². The van der Waals surface area contributed by atoms with Crippen LogP contribution in [0.15, 0.2) is 54.7 Å². The number of methoxy groups -OCH3 is 1. The van der Waals surface area contributed by atoms with Gasteiger partial charge in [0.25, 0.3) is 5.91 Å². The maximum atomic E-state index is 13.1. The molecule has 2 aromatic carbocycles. The van der Waals surface area contributed by atoms with Crippen LogP contribution in [0.1, 0.15) is 43.1 Å². The second kappa shape index (κ2) is 11.9. The van der Waals surface area contributed by atoms with Crippen LogP contribution in [0.3, 0.4) is 0 Å². The van der Waals surface area contributed by atoms with Crippen LogP contribution in [0.25, 0.3) is 5.69 Å². The van der Waals surface area contributed by atoms with Crippen molar-refractivity contribution in [3.63, 3.8) is 0 Å². The van der Waals surface area contributed by atoms with Crippen molar-refractivity contribution in [2.24, 2.45) is 0 Å². The highest BCUT2D eigenvalue weighted by atomic mass is 16.5. The largest absolute Gasteiger partial charge is 0.493 e. The highest BCUT2D eigenvalue weighted by molar-refractivity contribution is 6.03. The van der Waals surface area contributed by atoms with Crippen LogP contribution in [-0.4, -0.2) is 53.3 Å². The lowest BCUT2D eigenvalue weighted by Crippen LogP contribution is -2.31. The fourth-order valence-electron chi connectivity index (χ4n) is 3.67. The second-order valence-electron chi connectivity index (χ2n) is 7.60. The van der Waals surface area contributed by atoms with Gasteiger partial charge in [0.05, 0.1) is 25.6 Å². The lowest BCUT2D eigenvalue weighted by Gasteiger charge is -2.19. The number of rotatable bonds is 11. The van der Waals surface area contributed by atoms with Gasteiger partial charge in [-0.05, 0) is 57.0 Å². The monoisotopic (exact) mass is 464 g/mol. The van der Waals surface area contributed by atoms with Gasteiger partial charge in [-0.2, -0.15) is 5.10 Å². The molecule has 0 radical (unpaired) electrons. The highest BCUT2D eigenvalue weighted by Gasteiger charge is 2.23. The Hall–Kier alpha value is -3.81. The first-order valence-electron chi connectivity index (χ1n) is 11.5. The molecule has 180 valence electrons. The van der Waals surface area contributed by atoms with E-state index in [-0.39, 0.29) is 18.2 Å². The summed E-state index contributed by atoms with van der Waals surface area (Å²) >= 11 is 0. The van der Waals surface area contributed by atoms with E-state index in [1.807, 2.05) is 69.3 Å². The Kier molecular flexibility index (Phi) is 8.67. The van der Waals surface area contributed by atoms with Gasteiger partial charge in [0.15, 0.2) is 11.5 Å². The maximum absolute atomic E-state index is 13.1. The van der Waals surface area contributed by atoms with E-state index in [9.17, 15) is 9.59 Å². The molecule has 0 saturated carbocycles. The predicted molar refractivity (Wildman–Crippen MR) is 132 cm³/mol. The summed E-state index contributed by atoms with van der Waals surface area (Å²) in [5.41, 5.74) is 2.07. The van der Waals surface area contributed by atoms with Crippen LogP contribution >= 0.6 is 0 Å². The number of anilines is 1. The SMILES string of the molecule is CCOc1ccc(CCC(=O)Nc2c(C(=O)N(CC)CC)cnn2-c2ccccc2)cc1OC. The normalized spacial score (nSPS) is 10.6. The minimum atomic E-state index is -0.209. The molecule has 8 nitrogen and oxygen atoms in total. The average molecular weight is 465 g/mol. The Bertz CT molecular complexity index is 1110. The van der Waals surface area contributed by atoms with Crippen molar-refractivity contribution in [3.8, 4) is 17.2 Å². The second-order valence-corrected chi connectivity index (χ2v) is 7.60. The van der Waals surface area contributed by atoms with Crippen molar-refractivity contribution < 1.29 is 19.1 Å². The van der Waals surface area contributed by atoms with Gasteiger partial charge >= 0.3 is 0 Å². The van der Waals surface area contributed by atoms with Crippen LogP contribution < -0.4 is 14.8 Å². The van der Waals surface area contributed by atoms with E-state index >= 15 is 0 Å². The Morgan fingerprint density at radius 3 is 2.41 bits per heavy atom. The van der Waals surface area contributed by atoms with Crippen LogP contribution in [0.5, 0.6) is 11.5 Å². The minimum Gasteiger partial charge on any atom is -0.493 e. The Morgan fingerprint density at radius 2 is 1.76 bits per heavy atom. The van der Waals surface area contributed by atoms with E-state index in [2.05, 4.69) is 10.4 Å². The number of carbonyl (C=O) groups excluding carboxylic acids is 2. The Morgan fingerprint density at radius 1 is 1.03 bits per heavy atom. The van der Waals surface area contributed by atoms with Crippen LogP contribution in [0, 0.1) is 0 Å². The molecule has 0 aliphatic heterocycles. The van der Waals surface area contributed by atoms with Gasteiger partial charge in [0, 0.05) is 19.5 Å². The molecule has 1 heterocycles. The van der Waals surface area contributed by atoms with Gasteiger partial charge in [-0.25, -0.2) is 4.68 Å². The van der Waals surface area contributed by atoms with Gasteiger partial charge in [0.2, 0.25) is 5.91 Å². The zero-order chi connectivity index (χ0) is 24.5. The smallest absolute Gasteiger partial charge is 0.259 e. The van der Waals surface area contributed by atoms with E-state index in [0.717, 1.165) is 11.3 Å². The number of carbonyl (C=O) groups is 2. The lowest BCUT2D eigenvalue weighted by molar-refractivity contribution is -0.116. The molecule has 3 rings (SSSR count). The molecule has 0 atom stereocenters. The van der Waals surface area contributed by atoms with Crippen molar-refractivity contribution in [1.82, 2.24) is 14.7 Å². The predicted octanol–water partition coefficient (Wildman–Crippen LogP) is 4.33. The fourth-order valence-corrected chi connectivity index (χ4v) is 3.67. The molecular formula is C26H32N4O4. The van der Waals surface area contributed by atoms with Crippen molar-refractivity contribution in [3.05, 3.63) is 65.9 Å². The summed E-state index contributed by atoms with van der Waals surface area (Å²) in [6.07, 6.45) is 2.25. The molecule has 2 amide bonds. The van der Waals surface area contributed by atoms with E-state index in [1.54, 1.807) is 16.7 Å². The third-order valence-electron chi connectivity index (χ3n) is 5.48. The Labute approximate surface area is 200 Å². The number of para-hydroxylation sites is 1. The Balaban J connectivity index is 1.81. The third-order valence-corrected chi connectivity index (χ3v) is 5.48. The number of benzene rings is 2. The van der Waals surface area contributed by atoms with Crippen molar-refractivity contribution in [2.75, 3.05) is 32.1 Å². The highest BCUT2D eigenvalue weighted by Crippen LogP contribution is 2.29. The molecule has 0 fully saturated rings. The number of nitrogens with one attached hydrogen (secondary N) is 1. The minimum absolute atomic E-state index is 0.168. The van der Waals surface area contributed by atoms with Gasteiger partial charge < -0.3 is 19.7 Å². The summed E-state index contributed by atoms with van der Waals surface area (Å²) in [7, 11) is 1.59. The molecule has 0 bridgehead atoms. The fraction of sp³-hybridized carbons (Fsp3) is 0.346. The number of nitrogens with zero attached hydrogens (tertiary/aromatic N) is 3. The summed E-state index contributed by atoms with van der Waals surface area (Å²) in [5, 5.41) is 7.33. The number of hydrogen-bond acceptors (Lipinski definition) is 5. The number of amides is 2. The molecule has 1 aromatic heterocycles. The van der Waals surface area contributed by atoms with Crippen molar-refractivity contribution in [2.45, 2.75) is 33.6 Å².